The van der Waals surface area contributed by atoms with Crippen LogP contribution in [0, 0.1) is 13.8 Å². The van der Waals surface area contributed by atoms with Crippen molar-refractivity contribution in [2.75, 3.05) is 0 Å². The van der Waals surface area contributed by atoms with Crippen molar-refractivity contribution in [2.24, 2.45) is 0 Å². The molecule has 0 amide bonds. The van der Waals surface area contributed by atoms with Crippen LogP contribution in [0.1, 0.15) is 10.6 Å². The number of aromatic nitrogens is 5. The van der Waals surface area contributed by atoms with E-state index in [2.05, 4.69) is 11.9 Å². The average molecular weight is 432 g/mol. The average Bonchev–Trinajstić information content (AvgIpc) is 3.21. The van der Waals surface area contributed by atoms with Gasteiger partial charge in [-0.1, -0.05) is 47.7 Å². The van der Waals surface area contributed by atoms with E-state index >= 15 is 0 Å². The van der Waals surface area contributed by atoms with Crippen LogP contribution in [-0.2, 0) is 0 Å². The Kier molecular flexibility index (Phi) is 6.36. The Morgan fingerprint density at radius 3 is 2.12 bits per heavy atom. The van der Waals surface area contributed by atoms with Gasteiger partial charge in [0.05, 0.1) is 16.4 Å². The van der Waals surface area contributed by atoms with Gasteiger partial charge in [0.25, 0.3) is 5.13 Å². The van der Waals surface area contributed by atoms with E-state index in [0.29, 0.717) is 5.82 Å². The van der Waals surface area contributed by atoms with E-state index in [1.165, 1.54) is 4.88 Å². The van der Waals surface area contributed by atoms with Gasteiger partial charge < -0.3 is 6.15 Å². The maximum atomic E-state index is 4.70. The number of benzene rings is 2. The third-order valence-corrected chi connectivity index (χ3v) is 4.80. The Hall–Kier alpha value is -2.42. The quantitative estimate of drug-likeness (QED) is 0.496. The lowest BCUT2D eigenvalue weighted by Gasteiger charge is -1.95. The van der Waals surface area contributed by atoms with Crippen LogP contribution < -0.4 is 10.9 Å². The molecular formula is C18H20BrN6S+. The fourth-order valence-electron chi connectivity index (χ4n) is 2.38. The van der Waals surface area contributed by atoms with Crippen LogP contribution in [0.5, 0.6) is 0 Å². The number of hydrogen-bond donors (Lipinski definition) is 1. The molecule has 0 saturated carbocycles. The summed E-state index contributed by atoms with van der Waals surface area (Å²) in [5.74, 6) is 0.671. The molecule has 0 aliphatic rings. The summed E-state index contributed by atoms with van der Waals surface area (Å²) in [5.41, 5.74) is 2.94. The summed E-state index contributed by atoms with van der Waals surface area (Å²) in [7, 11) is 0. The molecule has 2 aromatic heterocycles. The van der Waals surface area contributed by atoms with Crippen LogP contribution in [0.25, 0.3) is 22.2 Å². The van der Waals surface area contributed by atoms with Crippen LogP contribution in [0.2, 0.25) is 0 Å². The largest absolute Gasteiger partial charge is 0.344 e. The molecule has 0 bridgehead atoms. The number of rotatable bonds is 3. The van der Waals surface area contributed by atoms with Crippen LogP contribution in [0.3, 0.4) is 0 Å². The Labute approximate surface area is 166 Å². The molecule has 0 unspecified atom stereocenters. The first-order chi connectivity index (χ1) is 11.7. The predicted octanol–water partition coefficient (Wildman–Crippen LogP) is 4.02. The topological polar surface area (TPSA) is 82.5 Å². The number of hydrogen-bond acceptors (Lipinski definition) is 5. The van der Waals surface area contributed by atoms with Crippen molar-refractivity contribution in [2.45, 2.75) is 13.8 Å². The summed E-state index contributed by atoms with van der Waals surface area (Å²) in [4.78, 5) is 9.37. The van der Waals surface area contributed by atoms with Crippen molar-refractivity contribution in [3.63, 3.8) is 0 Å². The van der Waals surface area contributed by atoms with Gasteiger partial charge in [-0.15, -0.1) is 17.0 Å². The van der Waals surface area contributed by atoms with Gasteiger partial charge in [-0.3, -0.25) is 0 Å². The molecule has 8 heteroatoms. The van der Waals surface area contributed by atoms with Crippen LogP contribution >= 0.6 is 28.3 Å². The molecule has 2 heterocycles. The van der Waals surface area contributed by atoms with Gasteiger partial charge in [-0.05, 0) is 48.0 Å². The number of aryl methyl sites for hydroxylation is 2. The highest BCUT2D eigenvalue weighted by Gasteiger charge is 2.25. The Balaban J connectivity index is 0.00000121. The summed E-state index contributed by atoms with van der Waals surface area (Å²) < 4.78 is 0. The second kappa shape index (κ2) is 8.31. The van der Waals surface area contributed by atoms with Crippen LogP contribution in [0.4, 0.5) is 0 Å². The minimum atomic E-state index is 0. The van der Waals surface area contributed by atoms with E-state index in [4.69, 9.17) is 10.2 Å². The summed E-state index contributed by atoms with van der Waals surface area (Å²) in [6.07, 6.45) is 0. The smallest absolute Gasteiger partial charge is 0.340 e. The summed E-state index contributed by atoms with van der Waals surface area (Å²) in [5, 5.41) is 10.2. The molecule has 0 saturated heterocycles. The van der Waals surface area contributed by atoms with E-state index < -0.39 is 0 Å². The fourth-order valence-corrected chi connectivity index (χ4v) is 3.23. The van der Waals surface area contributed by atoms with Gasteiger partial charge in [0.15, 0.2) is 5.69 Å². The zero-order valence-electron chi connectivity index (χ0n) is 14.5. The van der Waals surface area contributed by atoms with Crippen molar-refractivity contribution in [3.8, 4) is 22.2 Å². The molecule has 6 nitrogen and oxygen atoms in total. The van der Waals surface area contributed by atoms with E-state index in [9.17, 15) is 0 Å². The molecule has 4 aromatic rings. The maximum Gasteiger partial charge on any atom is 0.340 e. The fraction of sp³-hybridized carbons (Fsp3) is 0.111. The van der Waals surface area contributed by atoms with Crippen LogP contribution in [0.15, 0.2) is 60.7 Å². The third kappa shape index (κ3) is 3.72. The van der Waals surface area contributed by atoms with E-state index in [0.717, 1.165) is 22.1 Å². The van der Waals surface area contributed by atoms with Crippen molar-refractivity contribution in [3.05, 3.63) is 71.2 Å². The van der Waals surface area contributed by atoms with Crippen molar-refractivity contribution in [1.82, 2.24) is 26.1 Å². The lowest BCUT2D eigenvalue weighted by atomic mass is 10.2. The Morgan fingerprint density at radius 1 is 0.923 bits per heavy atom. The molecular weight excluding hydrogens is 412 g/mol. The second-order valence-corrected chi connectivity index (χ2v) is 6.62. The first kappa shape index (κ1) is 19.9. The van der Waals surface area contributed by atoms with Crippen molar-refractivity contribution >= 4 is 28.3 Å². The summed E-state index contributed by atoms with van der Waals surface area (Å²) in [6, 6.07) is 20.0. The molecule has 0 aliphatic carbocycles. The van der Waals surface area contributed by atoms with Crippen molar-refractivity contribution < 1.29 is 4.80 Å². The van der Waals surface area contributed by atoms with Gasteiger partial charge in [0.2, 0.25) is 0 Å². The number of nitrogens with zero attached hydrogens (tertiary/aromatic N) is 5. The monoisotopic (exact) mass is 431 g/mol. The number of thiazole rings is 1. The normalized spacial score (nSPS) is 10.1. The minimum absolute atomic E-state index is 0. The standard InChI is InChI=1S/C18H16N5S.BrH.H3N/c1-13-14(2)24-18(19-13)23-21-17(15-9-5-3-6-10-15)20-22(23)16-11-7-4-8-12-16;;/h3-12H,1-2H3;1H;1H3/q+1;;. The molecule has 0 fully saturated rings. The Morgan fingerprint density at radius 2 is 1.54 bits per heavy atom. The van der Waals surface area contributed by atoms with Gasteiger partial charge in [-0.2, -0.15) is 0 Å². The third-order valence-electron chi connectivity index (χ3n) is 3.77. The van der Waals surface area contributed by atoms with Crippen molar-refractivity contribution in [1.29, 1.82) is 0 Å². The van der Waals surface area contributed by atoms with Gasteiger partial charge in [-0.25, -0.2) is 4.98 Å². The lowest BCUT2D eigenvalue weighted by molar-refractivity contribution is -0.734. The maximum absolute atomic E-state index is 4.70. The highest BCUT2D eigenvalue weighted by Crippen LogP contribution is 2.20. The molecule has 0 atom stereocenters. The molecule has 0 aliphatic heterocycles. The number of tetrazole rings is 1. The SMILES string of the molecule is Br.Cc1nc(-n2nc(-c3ccccc3)n[n+]2-c2ccccc2)sc1C.N. The lowest BCUT2D eigenvalue weighted by Crippen LogP contribution is -2.43. The zero-order valence-corrected chi connectivity index (χ0v) is 17.1. The molecule has 2 aromatic carbocycles. The molecule has 134 valence electrons. The molecule has 4 rings (SSSR count). The molecule has 3 N–H and O–H groups in total. The number of para-hydroxylation sites is 1. The Bertz CT molecular complexity index is 962. The molecule has 0 spiro atoms. The van der Waals surface area contributed by atoms with E-state index in [1.54, 1.807) is 20.9 Å². The van der Waals surface area contributed by atoms with E-state index in [1.807, 2.05) is 67.6 Å². The van der Waals surface area contributed by atoms with Gasteiger partial charge in [0.1, 0.15) is 0 Å². The summed E-state index contributed by atoms with van der Waals surface area (Å²) >= 11 is 1.61. The van der Waals surface area contributed by atoms with Gasteiger partial charge >= 0.3 is 5.82 Å². The van der Waals surface area contributed by atoms with E-state index in [-0.39, 0.29) is 23.1 Å². The highest BCUT2D eigenvalue weighted by molar-refractivity contribution is 8.93. The molecule has 0 radical (unpaired) electrons. The van der Waals surface area contributed by atoms with Crippen LogP contribution in [-0.4, -0.2) is 20.0 Å². The summed E-state index contributed by atoms with van der Waals surface area (Å²) in [6.45, 7) is 4.08. The minimum Gasteiger partial charge on any atom is -0.344 e. The van der Waals surface area contributed by atoms with Gasteiger partial charge in [0, 0.05) is 9.67 Å². The first-order valence-corrected chi connectivity index (χ1v) is 8.49. The number of halogens is 1. The first-order valence-electron chi connectivity index (χ1n) is 7.67. The zero-order chi connectivity index (χ0) is 16.5. The second-order valence-electron chi connectivity index (χ2n) is 5.44. The molecule has 26 heavy (non-hydrogen) atoms. The predicted molar refractivity (Wildman–Crippen MR) is 109 cm³/mol. The highest BCUT2D eigenvalue weighted by atomic mass is 79.9.